The van der Waals surface area contributed by atoms with Gasteiger partial charge in [-0.25, -0.2) is 0 Å². The Morgan fingerprint density at radius 1 is 1.71 bits per heavy atom. The van der Waals surface area contributed by atoms with Crippen molar-refractivity contribution in [1.82, 2.24) is 19.4 Å². The fourth-order valence-electron chi connectivity index (χ4n) is 1.21. The molecule has 0 aliphatic carbocycles. The number of anilines is 1. The molecule has 1 N–H and O–H groups in total. The molecule has 0 radical (unpaired) electrons. The van der Waals surface area contributed by atoms with Crippen LogP contribution in [0.3, 0.4) is 0 Å². The predicted molar refractivity (Wildman–Crippen MR) is 60.4 cm³/mol. The van der Waals surface area contributed by atoms with E-state index in [-0.39, 0.29) is 12.5 Å². The van der Waals surface area contributed by atoms with E-state index in [0.717, 1.165) is 4.88 Å². The number of nitriles is 1. The zero-order valence-electron chi connectivity index (χ0n) is 8.91. The summed E-state index contributed by atoms with van der Waals surface area (Å²) in [5, 5.41) is 18.8. The third-order valence-corrected chi connectivity index (χ3v) is 2.61. The van der Waals surface area contributed by atoms with Crippen LogP contribution in [-0.2, 0) is 6.54 Å². The maximum atomic E-state index is 11.7. The molecule has 0 bridgehead atoms. The molecular weight excluding hydrogens is 240 g/mol. The molecule has 86 valence electrons. The van der Waals surface area contributed by atoms with Gasteiger partial charge in [0.25, 0.3) is 5.91 Å². The molecule has 2 heterocycles. The Bertz CT molecular complexity index is 580. The van der Waals surface area contributed by atoms with Gasteiger partial charge in [0.15, 0.2) is 11.5 Å². The van der Waals surface area contributed by atoms with Gasteiger partial charge >= 0.3 is 0 Å². The zero-order chi connectivity index (χ0) is 12.3. The van der Waals surface area contributed by atoms with Gasteiger partial charge < -0.3 is 5.32 Å². The van der Waals surface area contributed by atoms with E-state index < -0.39 is 0 Å². The Labute approximate surface area is 101 Å². The average molecular weight is 248 g/mol. The first-order chi connectivity index (χ1) is 8.20. The molecule has 0 unspecified atom stereocenters. The fraction of sp³-hybridized carbons (Fsp3) is 0.222. The van der Waals surface area contributed by atoms with Crippen LogP contribution in [0.5, 0.6) is 0 Å². The van der Waals surface area contributed by atoms with Gasteiger partial charge in [-0.15, -0.1) is 5.10 Å². The number of nitrogens with one attached hydrogen (secondary N) is 1. The van der Waals surface area contributed by atoms with Crippen molar-refractivity contribution in [2.75, 3.05) is 5.32 Å². The van der Waals surface area contributed by atoms with Crippen molar-refractivity contribution in [1.29, 1.82) is 5.26 Å². The van der Waals surface area contributed by atoms with Crippen molar-refractivity contribution in [3.8, 4) is 6.07 Å². The number of carbonyl (C=O) groups excluding carboxylic acids is 1. The van der Waals surface area contributed by atoms with Crippen LogP contribution in [0.2, 0.25) is 0 Å². The number of amides is 1. The van der Waals surface area contributed by atoms with Crippen LogP contribution in [0.4, 0.5) is 5.82 Å². The van der Waals surface area contributed by atoms with Crippen LogP contribution in [0.15, 0.2) is 12.3 Å². The molecule has 17 heavy (non-hydrogen) atoms. The molecule has 0 aliphatic rings. The van der Waals surface area contributed by atoms with Crippen LogP contribution < -0.4 is 5.32 Å². The summed E-state index contributed by atoms with van der Waals surface area (Å²) in [4.78, 5) is 12.5. The summed E-state index contributed by atoms with van der Waals surface area (Å²) < 4.78 is 5.11. The van der Waals surface area contributed by atoms with Crippen molar-refractivity contribution in [3.63, 3.8) is 0 Å². The molecule has 0 aliphatic heterocycles. The molecule has 0 spiro atoms. The lowest BCUT2D eigenvalue weighted by molar-refractivity contribution is 0.102. The van der Waals surface area contributed by atoms with Gasteiger partial charge in [-0.2, -0.15) is 10.4 Å². The van der Waals surface area contributed by atoms with Crippen LogP contribution in [0, 0.1) is 18.3 Å². The fourth-order valence-corrected chi connectivity index (χ4v) is 1.67. The molecule has 2 aromatic heterocycles. The summed E-state index contributed by atoms with van der Waals surface area (Å²) in [5.41, 5.74) is 0.296. The summed E-state index contributed by atoms with van der Waals surface area (Å²) in [7, 11) is 0. The second-order valence-electron chi connectivity index (χ2n) is 3.19. The van der Waals surface area contributed by atoms with E-state index in [9.17, 15) is 4.79 Å². The Kier molecular flexibility index (Phi) is 3.11. The Balaban J connectivity index is 2.08. The lowest BCUT2D eigenvalue weighted by Gasteiger charge is -1.98. The monoisotopic (exact) mass is 248 g/mol. The predicted octanol–water partition coefficient (Wildman–Crippen LogP) is 0.819. The van der Waals surface area contributed by atoms with Crippen molar-refractivity contribution in [2.24, 2.45) is 0 Å². The maximum absolute atomic E-state index is 11.7. The van der Waals surface area contributed by atoms with E-state index in [4.69, 9.17) is 5.26 Å². The third-order valence-electron chi connectivity index (χ3n) is 1.98. The van der Waals surface area contributed by atoms with Crippen LogP contribution >= 0.6 is 11.5 Å². The lowest BCUT2D eigenvalue weighted by atomic mass is 10.3. The number of nitrogens with zero attached hydrogens (tertiary/aromatic N) is 5. The second-order valence-corrected chi connectivity index (χ2v) is 4.15. The van der Waals surface area contributed by atoms with E-state index in [1.165, 1.54) is 16.2 Å². The highest BCUT2D eigenvalue weighted by atomic mass is 32.1. The summed E-state index contributed by atoms with van der Waals surface area (Å²) in [5.74, 6) is 0.0381. The first-order valence-corrected chi connectivity index (χ1v) is 5.49. The quantitative estimate of drug-likeness (QED) is 0.867. The molecule has 7 nitrogen and oxygen atoms in total. The smallest absolute Gasteiger partial charge is 0.278 e. The number of carbonyl (C=O) groups is 1. The van der Waals surface area contributed by atoms with Gasteiger partial charge in [0.1, 0.15) is 6.54 Å². The molecule has 0 saturated carbocycles. The normalized spacial score (nSPS) is 9.88. The topological polar surface area (TPSA) is 96.5 Å². The first kappa shape index (κ1) is 11.2. The van der Waals surface area contributed by atoms with Crippen LogP contribution in [-0.4, -0.2) is 25.3 Å². The Morgan fingerprint density at radius 2 is 2.53 bits per heavy atom. The van der Waals surface area contributed by atoms with E-state index in [0.29, 0.717) is 11.5 Å². The van der Waals surface area contributed by atoms with E-state index in [1.54, 1.807) is 19.2 Å². The van der Waals surface area contributed by atoms with E-state index >= 15 is 0 Å². The minimum atomic E-state index is -0.349. The molecule has 8 heteroatoms. The largest absolute Gasteiger partial charge is 0.304 e. The minimum Gasteiger partial charge on any atom is -0.304 e. The highest BCUT2D eigenvalue weighted by Crippen LogP contribution is 2.10. The molecule has 2 aromatic rings. The molecule has 0 saturated heterocycles. The summed E-state index contributed by atoms with van der Waals surface area (Å²) in [6, 6.07) is 3.57. The maximum Gasteiger partial charge on any atom is 0.278 e. The Hall–Kier alpha value is -2.27. The van der Waals surface area contributed by atoms with Gasteiger partial charge in [0, 0.05) is 12.3 Å². The van der Waals surface area contributed by atoms with Crippen LogP contribution in [0.1, 0.15) is 15.4 Å². The molecule has 0 fully saturated rings. The molecular formula is C9H8N6OS. The second kappa shape index (κ2) is 4.71. The van der Waals surface area contributed by atoms with Crippen molar-refractivity contribution in [3.05, 3.63) is 22.8 Å². The van der Waals surface area contributed by atoms with E-state index in [2.05, 4.69) is 20.0 Å². The van der Waals surface area contributed by atoms with Gasteiger partial charge in [0.05, 0.1) is 10.9 Å². The number of hydrogen-bond acceptors (Lipinski definition) is 6. The summed E-state index contributed by atoms with van der Waals surface area (Å²) in [6.45, 7) is 1.92. The Morgan fingerprint density at radius 3 is 3.18 bits per heavy atom. The van der Waals surface area contributed by atoms with Crippen molar-refractivity contribution < 1.29 is 4.79 Å². The lowest BCUT2D eigenvalue weighted by Crippen LogP contribution is -2.14. The number of aromatic nitrogens is 4. The van der Waals surface area contributed by atoms with E-state index in [1.807, 2.05) is 6.07 Å². The number of aryl methyl sites for hydroxylation is 1. The standard InChI is InChI=1S/C9H8N6OS/c1-6-8(12-14-17-6)9(16)11-7-2-4-15(13-7)5-3-10/h2,4H,5H2,1H3,(H,11,13,16). The summed E-state index contributed by atoms with van der Waals surface area (Å²) >= 11 is 1.17. The highest BCUT2D eigenvalue weighted by molar-refractivity contribution is 7.05. The number of hydrogen-bond donors (Lipinski definition) is 1. The molecule has 0 aromatic carbocycles. The van der Waals surface area contributed by atoms with Gasteiger partial charge in [-0.05, 0) is 18.5 Å². The average Bonchev–Trinajstić information content (AvgIpc) is 2.88. The van der Waals surface area contributed by atoms with Crippen molar-refractivity contribution >= 4 is 23.3 Å². The molecule has 0 atom stereocenters. The van der Waals surface area contributed by atoms with Gasteiger partial charge in [-0.3, -0.25) is 9.48 Å². The third kappa shape index (κ3) is 2.46. The molecule has 2 rings (SSSR count). The van der Waals surface area contributed by atoms with Crippen molar-refractivity contribution in [2.45, 2.75) is 13.5 Å². The minimum absolute atomic E-state index is 0.146. The van der Waals surface area contributed by atoms with Gasteiger partial charge in [0.2, 0.25) is 0 Å². The van der Waals surface area contributed by atoms with Crippen LogP contribution in [0.25, 0.3) is 0 Å². The summed E-state index contributed by atoms with van der Waals surface area (Å²) in [6.07, 6.45) is 1.62. The van der Waals surface area contributed by atoms with Gasteiger partial charge in [-0.1, -0.05) is 4.49 Å². The SMILES string of the molecule is Cc1snnc1C(=O)Nc1ccn(CC#N)n1. The zero-order valence-corrected chi connectivity index (χ0v) is 9.73. The number of rotatable bonds is 3. The first-order valence-electron chi connectivity index (χ1n) is 4.71. The highest BCUT2D eigenvalue weighted by Gasteiger charge is 2.14. The molecule has 1 amide bonds.